The largest absolute Gasteiger partial charge is 0.497 e. The summed E-state index contributed by atoms with van der Waals surface area (Å²) in [5, 5.41) is 9.27. The van der Waals surface area contributed by atoms with Gasteiger partial charge in [0.1, 0.15) is 23.4 Å². The third-order valence-electron chi connectivity index (χ3n) is 6.97. The highest BCUT2D eigenvalue weighted by Crippen LogP contribution is 2.28. The summed E-state index contributed by atoms with van der Waals surface area (Å²) in [7, 11) is 1.62. The average molecular weight is 522 g/mol. The standard InChI is InChI=1S/C30H36FN3O4/c1-20(19-32-24-12-14-25(37-2)15-13-24)33-29(35)26(18-21-6-4-3-5-7-21)34-30(36)28-17-16-27(38-28)22-8-10-23(31)11-9-22/h8-17,20-21,26,32H,3-7,18-19H2,1-2H3,(H,33,35)(H,34,36)/t20-,26?/m0/s1. The number of hydrogen-bond donors (Lipinski definition) is 3. The fourth-order valence-corrected chi connectivity index (χ4v) is 4.82. The minimum Gasteiger partial charge on any atom is -0.497 e. The molecule has 1 saturated carbocycles. The highest BCUT2D eigenvalue weighted by molar-refractivity contribution is 5.96. The Labute approximate surface area is 223 Å². The number of carbonyl (C=O) groups excluding carboxylic acids is 2. The summed E-state index contributed by atoms with van der Waals surface area (Å²) < 4.78 is 24.2. The number of methoxy groups -OCH3 is 1. The van der Waals surface area contributed by atoms with Crippen molar-refractivity contribution >= 4 is 17.5 Å². The van der Waals surface area contributed by atoms with Crippen molar-refractivity contribution in [3.63, 3.8) is 0 Å². The van der Waals surface area contributed by atoms with Crippen molar-refractivity contribution in [3.05, 3.63) is 72.2 Å². The number of rotatable bonds is 11. The minimum absolute atomic E-state index is 0.111. The zero-order valence-electron chi connectivity index (χ0n) is 22.0. The molecular formula is C30H36FN3O4. The van der Waals surface area contributed by atoms with Crippen LogP contribution >= 0.6 is 0 Å². The molecule has 2 atom stereocenters. The number of hydrogen-bond acceptors (Lipinski definition) is 5. The van der Waals surface area contributed by atoms with Gasteiger partial charge in [-0.15, -0.1) is 0 Å². The number of anilines is 1. The molecule has 8 heteroatoms. The van der Waals surface area contributed by atoms with Gasteiger partial charge in [-0.2, -0.15) is 0 Å². The second-order valence-electron chi connectivity index (χ2n) is 9.96. The quantitative estimate of drug-likeness (QED) is 0.298. The van der Waals surface area contributed by atoms with E-state index in [9.17, 15) is 14.0 Å². The Bertz CT molecular complexity index is 1190. The maximum absolute atomic E-state index is 13.3. The molecule has 2 amide bonds. The van der Waals surface area contributed by atoms with Gasteiger partial charge >= 0.3 is 0 Å². The number of furan rings is 1. The van der Waals surface area contributed by atoms with E-state index in [1.54, 1.807) is 31.4 Å². The minimum atomic E-state index is -0.673. The molecule has 1 fully saturated rings. The Balaban J connectivity index is 1.38. The smallest absolute Gasteiger partial charge is 0.287 e. The molecule has 4 rings (SSSR count). The number of halogens is 1. The first-order valence-corrected chi connectivity index (χ1v) is 13.3. The van der Waals surface area contributed by atoms with E-state index in [0.29, 0.717) is 30.2 Å². The van der Waals surface area contributed by atoms with E-state index < -0.39 is 11.9 Å². The van der Waals surface area contributed by atoms with Gasteiger partial charge in [0.25, 0.3) is 5.91 Å². The number of nitrogens with one attached hydrogen (secondary N) is 3. The number of ether oxygens (including phenoxy) is 1. The maximum atomic E-state index is 13.3. The van der Waals surface area contributed by atoms with E-state index >= 15 is 0 Å². The molecule has 0 radical (unpaired) electrons. The Morgan fingerprint density at radius 3 is 2.37 bits per heavy atom. The molecule has 1 aliphatic rings. The van der Waals surface area contributed by atoms with Crippen LogP contribution in [0.5, 0.6) is 5.75 Å². The van der Waals surface area contributed by atoms with Crippen molar-refractivity contribution in [2.75, 3.05) is 19.0 Å². The molecule has 0 bridgehead atoms. The van der Waals surface area contributed by atoms with Gasteiger partial charge in [0.2, 0.25) is 5.91 Å². The van der Waals surface area contributed by atoms with Gasteiger partial charge in [0.15, 0.2) is 5.76 Å². The SMILES string of the molecule is COc1ccc(NC[C@H](C)NC(=O)C(CC2CCCCC2)NC(=O)c2ccc(-c3ccc(F)cc3)o2)cc1. The van der Waals surface area contributed by atoms with Crippen LogP contribution in [-0.2, 0) is 4.79 Å². The monoisotopic (exact) mass is 521 g/mol. The maximum Gasteiger partial charge on any atom is 0.287 e. The summed E-state index contributed by atoms with van der Waals surface area (Å²) in [5.41, 5.74) is 1.59. The van der Waals surface area contributed by atoms with Crippen LogP contribution in [0.15, 0.2) is 65.1 Å². The van der Waals surface area contributed by atoms with Gasteiger partial charge in [-0.1, -0.05) is 32.1 Å². The van der Waals surface area contributed by atoms with Gasteiger partial charge in [-0.05, 0) is 79.9 Å². The molecule has 3 aromatic rings. The van der Waals surface area contributed by atoms with Gasteiger partial charge in [-0.25, -0.2) is 4.39 Å². The summed E-state index contributed by atoms with van der Waals surface area (Å²) in [6.45, 7) is 2.46. The lowest BCUT2D eigenvalue weighted by Gasteiger charge is -2.27. The van der Waals surface area contributed by atoms with Gasteiger partial charge in [0, 0.05) is 23.8 Å². The second-order valence-corrected chi connectivity index (χ2v) is 9.96. The third-order valence-corrected chi connectivity index (χ3v) is 6.97. The Morgan fingerprint density at radius 2 is 1.68 bits per heavy atom. The Hall–Kier alpha value is -3.81. The van der Waals surface area contributed by atoms with Crippen LogP contribution in [0.3, 0.4) is 0 Å². The lowest BCUT2D eigenvalue weighted by atomic mass is 9.84. The first-order valence-electron chi connectivity index (χ1n) is 13.3. The van der Waals surface area contributed by atoms with Crippen LogP contribution in [0.4, 0.5) is 10.1 Å². The number of carbonyl (C=O) groups is 2. The van der Waals surface area contributed by atoms with Gasteiger partial charge in [0.05, 0.1) is 7.11 Å². The fraction of sp³-hybridized carbons (Fsp3) is 0.400. The summed E-state index contributed by atoms with van der Waals surface area (Å²) in [6, 6.07) is 15.9. The molecule has 1 aliphatic carbocycles. The van der Waals surface area contributed by atoms with E-state index in [1.807, 2.05) is 31.2 Å². The van der Waals surface area contributed by atoms with Crippen LogP contribution in [0.25, 0.3) is 11.3 Å². The molecule has 1 heterocycles. The first-order chi connectivity index (χ1) is 18.4. The molecule has 202 valence electrons. The predicted octanol–water partition coefficient (Wildman–Crippen LogP) is 5.78. The Kier molecular flexibility index (Phi) is 9.40. The van der Waals surface area contributed by atoms with Crippen LogP contribution in [0, 0.1) is 11.7 Å². The molecule has 38 heavy (non-hydrogen) atoms. The topological polar surface area (TPSA) is 92.6 Å². The van der Waals surface area contributed by atoms with Crippen LogP contribution in [0.1, 0.15) is 56.0 Å². The normalized spacial score (nSPS) is 15.3. The van der Waals surface area contributed by atoms with Crippen molar-refractivity contribution in [2.45, 2.75) is 57.5 Å². The van der Waals surface area contributed by atoms with Crippen molar-refractivity contribution in [2.24, 2.45) is 5.92 Å². The summed E-state index contributed by atoms with van der Waals surface area (Å²) in [5.74, 6) is 0.736. The fourth-order valence-electron chi connectivity index (χ4n) is 4.82. The van der Waals surface area contributed by atoms with Crippen molar-refractivity contribution in [1.29, 1.82) is 0 Å². The molecular weight excluding hydrogens is 485 g/mol. The van der Waals surface area contributed by atoms with E-state index in [-0.39, 0.29) is 23.5 Å². The predicted molar refractivity (Wildman–Crippen MR) is 146 cm³/mol. The zero-order valence-corrected chi connectivity index (χ0v) is 22.0. The highest BCUT2D eigenvalue weighted by Gasteiger charge is 2.28. The van der Waals surface area contributed by atoms with Crippen LogP contribution < -0.4 is 20.7 Å². The van der Waals surface area contributed by atoms with E-state index in [4.69, 9.17) is 9.15 Å². The molecule has 0 aliphatic heterocycles. The van der Waals surface area contributed by atoms with Gasteiger partial charge in [-0.3, -0.25) is 9.59 Å². The molecule has 2 aromatic carbocycles. The lowest BCUT2D eigenvalue weighted by Crippen LogP contribution is -2.51. The van der Waals surface area contributed by atoms with Crippen molar-refractivity contribution in [1.82, 2.24) is 10.6 Å². The van der Waals surface area contributed by atoms with Crippen LogP contribution in [0.2, 0.25) is 0 Å². The molecule has 7 nitrogen and oxygen atoms in total. The first kappa shape index (κ1) is 27.2. The zero-order chi connectivity index (χ0) is 26.9. The summed E-state index contributed by atoms with van der Waals surface area (Å²) in [4.78, 5) is 26.4. The van der Waals surface area contributed by atoms with E-state index in [0.717, 1.165) is 37.1 Å². The number of amides is 2. The molecule has 3 N–H and O–H groups in total. The van der Waals surface area contributed by atoms with Crippen molar-refractivity contribution in [3.8, 4) is 17.1 Å². The molecule has 1 unspecified atom stereocenters. The third kappa shape index (κ3) is 7.60. The van der Waals surface area contributed by atoms with Gasteiger partial charge < -0.3 is 25.1 Å². The van der Waals surface area contributed by atoms with Crippen molar-refractivity contribution < 1.29 is 23.1 Å². The highest BCUT2D eigenvalue weighted by atomic mass is 19.1. The number of benzene rings is 2. The van der Waals surface area contributed by atoms with Crippen LogP contribution in [-0.4, -0.2) is 37.6 Å². The second kappa shape index (κ2) is 13.1. The van der Waals surface area contributed by atoms with E-state index in [1.165, 1.54) is 18.6 Å². The molecule has 0 spiro atoms. The van der Waals surface area contributed by atoms with E-state index in [2.05, 4.69) is 16.0 Å². The average Bonchev–Trinajstić information content (AvgIpc) is 3.43. The molecule has 0 saturated heterocycles. The molecule has 1 aromatic heterocycles. The summed E-state index contributed by atoms with van der Waals surface area (Å²) in [6.07, 6.45) is 6.21. The Morgan fingerprint density at radius 1 is 0.974 bits per heavy atom. The lowest BCUT2D eigenvalue weighted by molar-refractivity contribution is -0.124. The summed E-state index contributed by atoms with van der Waals surface area (Å²) >= 11 is 0.